The van der Waals surface area contributed by atoms with E-state index in [0.29, 0.717) is 5.56 Å². The topological polar surface area (TPSA) is 43.1 Å². The molecule has 15 heavy (non-hydrogen) atoms. The van der Waals surface area contributed by atoms with Gasteiger partial charge in [0.25, 0.3) is 0 Å². The van der Waals surface area contributed by atoms with Gasteiger partial charge < -0.3 is 5.73 Å². The molecule has 1 aromatic carbocycles. The molecule has 0 radical (unpaired) electrons. The Morgan fingerprint density at radius 1 is 1.33 bits per heavy atom. The zero-order valence-electron chi connectivity index (χ0n) is 8.27. The number of rotatable bonds is 1. The van der Waals surface area contributed by atoms with E-state index in [-0.39, 0.29) is 5.69 Å². The number of benzene rings is 1. The quantitative estimate of drug-likeness (QED) is 0.580. The Hall–Kier alpha value is -1.52. The summed E-state index contributed by atoms with van der Waals surface area (Å²) in [6.45, 7) is 2.63. The molecule has 1 rings (SSSR count). The van der Waals surface area contributed by atoms with Gasteiger partial charge in [0.05, 0.1) is 11.1 Å². The van der Waals surface area contributed by atoms with E-state index in [1.54, 1.807) is 6.92 Å². The minimum Gasteiger partial charge on any atom is -0.398 e. The molecule has 0 amide bonds. The predicted octanol–water partition coefficient (Wildman–Crippen LogP) is 2.80. The van der Waals surface area contributed by atoms with Crippen LogP contribution in [0.2, 0.25) is 0 Å². The SMILES string of the molecule is CC(=O)c1c(C(F)(F)F)ccc(C)c1N. The molecule has 0 bridgehead atoms. The molecule has 0 aliphatic rings. The van der Waals surface area contributed by atoms with Crippen molar-refractivity contribution in [1.82, 2.24) is 0 Å². The molecule has 2 nitrogen and oxygen atoms in total. The van der Waals surface area contributed by atoms with Crippen molar-refractivity contribution in [1.29, 1.82) is 0 Å². The predicted molar refractivity (Wildman–Crippen MR) is 50.6 cm³/mol. The first-order valence-corrected chi connectivity index (χ1v) is 4.22. The molecule has 0 saturated heterocycles. The molecular formula is C10H10F3NO. The number of Topliss-reactive ketones (excluding diaryl/α,β-unsaturated/α-hetero) is 1. The Balaban J connectivity index is 3.55. The molecular weight excluding hydrogens is 207 g/mol. The molecule has 0 heterocycles. The van der Waals surface area contributed by atoms with Gasteiger partial charge in [-0.25, -0.2) is 0 Å². The summed E-state index contributed by atoms with van der Waals surface area (Å²) in [5, 5.41) is 0. The maximum atomic E-state index is 12.5. The number of hydrogen-bond donors (Lipinski definition) is 1. The van der Waals surface area contributed by atoms with Crippen LogP contribution in [0.25, 0.3) is 0 Å². The third kappa shape index (κ3) is 2.11. The summed E-state index contributed by atoms with van der Waals surface area (Å²) in [6, 6.07) is 2.13. The normalized spacial score (nSPS) is 11.5. The van der Waals surface area contributed by atoms with Crippen LogP contribution >= 0.6 is 0 Å². The fraction of sp³-hybridized carbons (Fsp3) is 0.300. The highest BCUT2D eigenvalue weighted by molar-refractivity contribution is 6.01. The second-order valence-corrected chi connectivity index (χ2v) is 3.27. The van der Waals surface area contributed by atoms with Crippen LogP contribution < -0.4 is 5.73 Å². The molecule has 0 saturated carbocycles. The minimum absolute atomic E-state index is 0.0997. The first-order chi connectivity index (χ1) is 6.75. The van der Waals surface area contributed by atoms with Crippen molar-refractivity contribution in [3.05, 3.63) is 28.8 Å². The number of aryl methyl sites for hydroxylation is 1. The molecule has 2 N–H and O–H groups in total. The van der Waals surface area contributed by atoms with Gasteiger partial charge >= 0.3 is 6.18 Å². The van der Waals surface area contributed by atoms with E-state index in [1.165, 1.54) is 6.07 Å². The molecule has 0 spiro atoms. The van der Waals surface area contributed by atoms with Crippen LogP contribution in [0.4, 0.5) is 18.9 Å². The number of anilines is 1. The Kier molecular flexibility index (Phi) is 2.75. The Bertz CT molecular complexity index is 410. The summed E-state index contributed by atoms with van der Waals surface area (Å²) in [6.07, 6.45) is -4.55. The maximum Gasteiger partial charge on any atom is 0.417 e. The highest BCUT2D eigenvalue weighted by Crippen LogP contribution is 2.35. The summed E-state index contributed by atoms with van der Waals surface area (Å²) in [7, 11) is 0. The van der Waals surface area contributed by atoms with Crippen molar-refractivity contribution < 1.29 is 18.0 Å². The molecule has 1 aromatic rings. The second-order valence-electron chi connectivity index (χ2n) is 3.27. The van der Waals surface area contributed by atoms with E-state index in [0.717, 1.165) is 13.0 Å². The van der Waals surface area contributed by atoms with E-state index in [9.17, 15) is 18.0 Å². The standard InChI is InChI=1S/C10H10F3NO/c1-5-3-4-7(10(11,12)13)8(6(2)15)9(5)14/h3-4H,14H2,1-2H3. The van der Waals surface area contributed by atoms with Crippen LogP contribution in [0, 0.1) is 6.92 Å². The van der Waals surface area contributed by atoms with Crippen LogP contribution in [-0.4, -0.2) is 5.78 Å². The molecule has 0 aliphatic heterocycles. The number of carbonyl (C=O) groups is 1. The first-order valence-electron chi connectivity index (χ1n) is 4.22. The van der Waals surface area contributed by atoms with Crippen LogP contribution in [0.15, 0.2) is 12.1 Å². The molecule has 0 fully saturated rings. The van der Waals surface area contributed by atoms with E-state index in [1.807, 2.05) is 0 Å². The zero-order valence-corrected chi connectivity index (χ0v) is 8.27. The van der Waals surface area contributed by atoms with Gasteiger partial charge in [-0.3, -0.25) is 4.79 Å². The average molecular weight is 217 g/mol. The summed E-state index contributed by atoms with van der Waals surface area (Å²) in [5.74, 6) is -0.677. The van der Waals surface area contributed by atoms with E-state index >= 15 is 0 Å². The number of ketones is 1. The lowest BCUT2D eigenvalue weighted by Crippen LogP contribution is -2.14. The number of halogens is 3. The van der Waals surface area contributed by atoms with Gasteiger partial charge in [0.2, 0.25) is 0 Å². The number of nitrogens with two attached hydrogens (primary N) is 1. The van der Waals surface area contributed by atoms with Crippen molar-refractivity contribution in [2.24, 2.45) is 0 Å². The Morgan fingerprint density at radius 3 is 2.27 bits per heavy atom. The van der Waals surface area contributed by atoms with Crippen molar-refractivity contribution >= 4 is 11.5 Å². The van der Waals surface area contributed by atoms with Crippen LogP contribution in [0.3, 0.4) is 0 Å². The first kappa shape index (κ1) is 11.6. The zero-order chi connectivity index (χ0) is 11.8. The van der Waals surface area contributed by atoms with Crippen molar-refractivity contribution in [2.45, 2.75) is 20.0 Å². The van der Waals surface area contributed by atoms with Gasteiger partial charge in [0, 0.05) is 5.69 Å². The fourth-order valence-corrected chi connectivity index (χ4v) is 1.34. The lowest BCUT2D eigenvalue weighted by molar-refractivity contribution is -0.137. The lowest BCUT2D eigenvalue weighted by Gasteiger charge is -2.14. The van der Waals surface area contributed by atoms with Gasteiger partial charge in [-0.1, -0.05) is 6.07 Å². The lowest BCUT2D eigenvalue weighted by atomic mass is 9.98. The summed E-state index contributed by atoms with van der Waals surface area (Å²) in [4.78, 5) is 11.1. The van der Waals surface area contributed by atoms with Crippen molar-refractivity contribution in [3.63, 3.8) is 0 Å². The summed E-state index contributed by atoms with van der Waals surface area (Å²) >= 11 is 0. The molecule has 0 atom stereocenters. The van der Waals surface area contributed by atoms with Gasteiger partial charge in [0.15, 0.2) is 5.78 Å². The van der Waals surface area contributed by atoms with Gasteiger partial charge in [-0.2, -0.15) is 13.2 Å². The van der Waals surface area contributed by atoms with E-state index in [4.69, 9.17) is 5.73 Å². The highest BCUT2D eigenvalue weighted by Gasteiger charge is 2.35. The maximum absolute atomic E-state index is 12.5. The summed E-state index contributed by atoms with van der Waals surface area (Å²) in [5.41, 5.74) is 4.41. The van der Waals surface area contributed by atoms with Crippen molar-refractivity contribution in [2.75, 3.05) is 5.73 Å². The monoisotopic (exact) mass is 217 g/mol. The number of alkyl halides is 3. The number of nitrogen functional groups attached to an aromatic ring is 1. The molecule has 0 unspecified atom stereocenters. The second kappa shape index (κ2) is 3.56. The average Bonchev–Trinajstić information content (AvgIpc) is 2.06. The number of carbonyl (C=O) groups excluding carboxylic acids is 1. The third-order valence-corrected chi connectivity index (χ3v) is 2.12. The molecule has 5 heteroatoms. The smallest absolute Gasteiger partial charge is 0.398 e. The number of hydrogen-bond acceptors (Lipinski definition) is 2. The van der Waals surface area contributed by atoms with Gasteiger partial charge in [0.1, 0.15) is 0 Å². The minimum atomic E-state index is -4.55. The van der Waals surface area contributed by atoms with Gasteiger partial charge in [-0.15, -0.1) is 0 Å². The van der Waals surface area contributed by atoms with Crippen LogP contribution in [0.1, 0.15) is 28.4 Å². The Morgan fingerprint density at radius 2 is 1.87 bits per heavy atom. The van der Waals surface area contributed by atoms with Crippen LogP contribution in [-0.2, 0) is 6.18 Å². The highest BCUT2D eigenvalue weighted by atomic mass is 19.4. The molecule has 0 aromatic heterocycles. The van der Waals surface area contributed by atoms with Gasteiger partial charge in [-0.05, 0) is 25.5 Å². The fourth-order valence-electron chi connectivity index (χ4n) is 1.34. The largest absolute Gasteiger partial charge is 0.417 e. The van der Waals surface area contributed by atoms with Crippen LogP contribution in [0.5, 0.6) is 0 Å². The van der Waals surface area contributed by atoms with Crippen molar-refractivity contribution in [3.8, 4) is 0 Å². The summed E-state index contributed by atoms with van der Waals surface area (Å²) < 4.78 is 37.5. The van der Waals surface area contributed by atoms with E-state index in [2.05, 4.69) is 0 Å². The van der Waals surface area contributed by atoms with E-state index < -0.39 is 23.1 Å². The Labute approximate surface area is 84.9 Å². The molecule has 82 valence electrons. The third-order valence-electron chi connectivity index (χ3n) is 2.12. The molecule has 0 aliphatic carbocycles.